The maximum absolute atomic E-state index is 12.2. The lowest BCUT2D eigenvalue weighted by molar-refractivity contribution is 0.192. The molecule has 0 spiro atoms. The van der Waals surface area contributed by atoms with Crippen molar-refractivity contribution in [1.82, 2.24) is 24.8 Å². The van der Waals surface area contributed by atoms with Gasteiger partial charge in [0.25, 0.3) is 0 Å². The summed E-state index contributed by atoms with van der Waals surface area (Å²) < 4.78 is 1.92. The largest absolute Gasteiger partial charge is 0.338 e. The van der Waals surface area contributed by atoms with E-state index in [1.54, 1.807) is 11.3 Å². The molecule has 25 heavy (non-hydrogen) atoms. The van der Waals surface area contributed by atoms with Crippen LogP contribution in [0.4, 0.5) is 4.79 Å². The molecule has 0 aliphatic carbocycles. The fourth-order valence-electron chi connectivity index (χ4n) is 2.93. The third kappa shape index (κ3) is 3.09. The van der Waals surface area contributed by atoms with Crippen molar-refractivity contribution in [1.29, 1.82) is 0 Å². The number of rotatable bonds is 3. The van der Waals surface area contributed by atoms with Gasteiger partial charge in [-0.15, -0.1) is 5.10 Å². The average Bonchev–Trinajstić information content (AvgIpc) is 3.17. The Morgan fingerprint density at radius 2 is 2.16 bits per heavy atom. The topological polar surface area (TPSA) is 62.5 Å². The van der Waals surface area contributed by atoms with Crippen molar-refractivity contribution < 1.29 is 4.79 Å². The van der Waals surface area contributed by atoms with Gasteiger partial charge in [0.1, 0.15) is 0 Å². The summed E-state index contributed by atoms with van der Waals surface area (Å²) in [7, 11) is 0. The van der Waals surface area contributed by atoms with Gasteiger partial charge in [0.05, 0.1) is 12.2 Å². The molecule has 0 unspecified atom stereocenters. The molecular weight excluding hydrogens is 358 g/mol. The number of halogens is 1. The fraction of sp³-hybridized carbons (Fsp3) is 0.353. The van der Waals surface area contributed by atoms with Crippen molar-refractivity contribution in [2.75, 3.05) is 13.1 Å². The van der Waals surface area contributed by atoms with Crippen LogP contribution in [0.2, 0.25) is 5.02 Å². The van der Waals surface area contributed by atoms with Crippen LogP contribution in [0.1, 0.15) is 23.9 Å². The summed E-state index contributed by atoms with van der Waals surface area (Å²) in [6, 6.07) is 7.54. The Balaban J connectivity index is 1.59. The van der Waals surface area contributed by atoms with Gasteiger partial charge < -0.3 is 10.2 Å². The first kappa shape index (κ1) is 16.4. The van der Waals surface area contributed by atoms with Crippen LogP contribution in [0.5, 0.6) is 0 Å². The maximum Gasteiger partial charge on any atom is 0.317 e. The molecule has 0 radical (unpaired) electrons. The van der Waals surface area contributed by atoms with Crippen molar-refractivity contribution in [3.05, 3.63) is 39.9 Å². The molecule has 0 atom stereocenters. The van der Waals surface area contributed by atoms with E-state index in [9.17, 15) is 4.79 Å². The van der Waals surface area contributed by atoms with Crippen molar-refractivity contribution in [3.8, 4) is 11.4 Å². The van der Waals surface area contributed by atoms with Gasteiger partial charge in [0, 0.05) is 35.0 Å². The first-order valence-corrected chi connectivity index (χ1v) is 9.51. The molecule has 6 nitrogen and oxygen atoms in total. The molecule has 2 aromatic heterocycles. The molecule has 1 aromatic carbocycles. The van der Waals surface area contributed by atoms with E-state index in [1.807, 2.05) is 40.6 Å². The average molecular weight is 376 g/mol. The number of nitrogens with zero attached hydrogens (tertiary/aromatic N) is 4. The Labute approximate surface area is 154 Å². The van der Waals surface area contributed by atoms with Crippen molar-refractivity contribution >= 4 is 33.9 Å². The minimum absolute atomic E-state index is 0.00773. The summed E-state index contributed by atoms with van der Waals surface area (Å²) in [5.41, 5.74) is 2.11. The predicted molar refractivity (Wildman–Crippen MR) is 99.1 cm³/mol. The van der Waals surface area contributed by atoms with Gasteiger partial charge in [-0.2, -0.15) is 4.98 Å². The molecule has 8 heteroatoms. The van der Waals surface area contributed by atoms with Crippen LogP contribution in [0.25, 0.3) is 16.3 Å². The summed E-state index contributed by atoms with van der Waals surface area (Å²) in [4.78, 5) is 20.7. The van der Waals surface area contributed by atoms with Gasteiger partial charge in [-0.1, -0.05) is 29.9 Å². The highest BCUT2D eigenvalue weighted by atomic mass is 35.5. The van der Waals surface area contributed by atoms with E-state index < -0.39 is 0 Å². The van der Waals surface area contributed by atoms with Crippen LogP contribution < -0.4 is 5.32 Å². The van der Waals surface area contributed by atoms with Crippen LogP contribution in [-0.4, -0.2) is 38.6 Å². The van der Waals surface area contributed by atoms with E-state index >= 15 is 0 Å². The summed E-state index contributed by atoms with van der Waals surface area (Å²) in [6.45, 7) is 4.08. The molecule has 0 saturated heterocycles. The molecular formula is C17H18ClN5OS. The van der Waals surface area contributed by atoms with E-state index in [4.69, 9.17) is 11.6 Å². The normalized spacial score (nSPS) is 13.9. The van der Waals surface area contributed by atoms with E-state index in [0.717, 1.165) is 33.9 Å². The quantitative estimate of drug-likeness (QED) is 0.760. The number of benzene rings is 1. The number of fused-ring (bicyclic) bond motifs is 3. The smallest absolute Gasteiger partial charge is 0.317 e. The number of aromatic nitrogens is 3. The summed E-state index contributed by atoms with van der Waals surface area (Å²) in [5, 5.41) is 8.30. The SMILES string of the molecule is CCCNC(=O)N1CCc2c(sc3nc(-c4ccc(Cl)cc4)nn23)C1. The molecule has 2 amide bonds. The number of hydrogen-bond acceptors (Lipinski definition) is 4. The van der Waals surface area contributed by atoms with Crippen LogP contribution in [0, 0.1) is 0 Å². The second-order valence-corrected chi connectivity index (χ2v) is 7.51. The zero-order chi connectivity index (χ0) is 17.4. The Bertz CT molecular complexity index is 917. The van der Waals surface area contributed by atoms with E-state index in [1.165, 1.54) is 0 Å². The molecule has 1 aliphatic rings. The molecule has 0 bridgehead atoms. The Kier molecular flexibility index (Phi) is 4.35. The fourth-order valence-corrected chi connectivity index (χ4v) is 4.17. The van der Waals surface area contributed by atoms with Crippen LogP contribution in [0.3, 0.4) is 0 Å². The van der Waals surface area contributed by atoms with E-state index in [0.29, 0.717) is 30.5 Å². The maximum atomic E-state index is 12.2. The van der Waals surface area contributed by atoms with Crippen molar-refractivity contribution in [2.45, 2.75) is 26.3 Å². The van der Waals surface area contributed by atoms with Crippen LogP contribution in [0.15, 0.2) is 24.3 Å². The molecule has 1 N–H and O–H groups in total. The minimum atomic E-state index is 0.00773. The summed E-state index contributed by atoms with van der Waals surface area (Å²) in [5.74, 6) is 0.703. The van der Waals surface area contributed by atoms with Crippen LogP contribution >= 0.6 is 22.9 Å². The van der Waals surface area contributed by atoms with Crippen molar-refractivity contribution in [3.63, 3.8) is 0 Å². The van der Waals surface area contributed by atoms with E-state index in [-0.39, 0.29) is 6.03 Å². The van der Waals surface area contributed by atoms with Gasteiger partial charge in [0.2, 0.25) is 4.96 Å². The van der Waals surface area contributed by atoms with Gasteiger partial charge in [-0.05, 0) is 30.7 Å². The number of thiazole rings is 1. The monoisotopic (exact) mass is 375 g/mol. The Morgan fingerprint density at radius 3 is 2.92 bits per heavy atom. The lowest BCUT2D eigenvalue weighted by Gasteiger charge is -2.26. The van der Waals surface area contributed by atoms with E-state index in [2.05, 4.69) is 15.4 Å². The molecule has 130 valence electrons. The molecule has 3 heterocycles. The molecule has 3 aromatic rings. The third-order valence-corrected chi connectivity index (χ3v) is 5.55. The number of carbonyl (C=O) groups is 1. The number of hydrogen-bond donors (Lipinski definition) is 1. The highest BCUT2D eigenvalue weighted by Gasteiger charge is 2.26. The second kappa shape index (κ2) is 6.65. The van der Waals surface area contributed by atoms with Gasteiger partial charge in [-0.25, -0.2) is 9.31 Å². The highest BCUT2D eigenvalue weighted by molar-refractivity contribution is 7.17. The molecule has 1 aliphatic heterocycles. The molecule has 0 saturated carbocycles. The minimum Gasteiger partial charge on any atom is -0.338 e. The van der Waals surface area contributed by atoms with Gasteiger partial charge in [0.15, 0.2) is 5.82 Å². The molecule has 0 fully saturated rings. The number of amides is 2. The first-order chi connectivity index (χ1) is 12.2. The van der Waals surface area contributed by atoms with Gasteiger partial charge >= 0.3 is 6.03 Å². The Hall–Kier alpha value is -2.12. The standard InChI is InChI=1S/C17H18ClN5OS/c1-2-8-19-16(24)22-9-7-13-14(10-22)25-17-20-15(21-23(13)17)11-3-5-12(18)6-4-11/h3-6H,2,7-10H2,1H3,(H,19,24). The molecule has 4 rings (SSSR count). The summed E-state index contributed by atoms with van der Waals surface area (Å²) >= 11 is 7.55. The van der Waals surface area contributed by atoms with Gasteiger partial charge in [-0.3, -0.25) is 0 Å². The predicted octanol–water partition coefficient (Wildman–Crippen LogP) is 3.59. The Morgan fingerprint density at radius 1 is 1.36 bits per heavy atom. The first-order valence-electron chi connectivity index (χ1n) is 8.31. The summed E-state index contributed by atoms with van der Waals surface area (Å²) in [6.07, 6.45) is 1.73. The zero-order valence-electron chi connectivity index (χ0n) is 13.8. The number of nitrogens with one attached hydrogen (secondary N) is 1. The highest BCUT2D eigenvalue weighted by Crippen LogP contribution is 2.29. The number of urea groups is 1. The lowest BCUT2D eigenvalue weighted by atomic mass is 10.2. The zero-order valence-corrected chi connectivity index (χ0v) is 15.4. The third-order valence-electron chi connectivity index (χ3n) is 4.24. The van der Waals surface area contributed by atoms with Crippen LogP contribution in [-0.2, 0) is 13.0 Å². The van der Waals surface area contributed by atoms with Crippen molar-refractivity contribution in [2.24, 2.45) is 0 Å². The second-order valence-electron chi connectivity index (χ2n) is 6.01. The number of carbonyl (C=O) groups excluding carboxylic acids is 1. The lowest BCUT2D eigenvalue weighted by Crippen LogP contribution is -2.42.